The Balaban J connectivity index is 2.45. The van der Waals surface area contributed by atoms with Gasteiger partial charge in [0, 0.05) is 7.11 Å². The minimum atomic E-state index is -0.697. The Hall–Kier alpha value is -0.850. The van der Waals surface area contributed by atoms with Crippen molar-refractivity contribution in [2.24, 2.45) is 0 Å². The summed E-state index contributed by atoms with van der Waals surface area (Å²) in [6.07, 6.45) is -1.54. The maximum atomic E-state index is 11.7. The predicted octanol–water partition coefficient (Wildman–Crippen LogP) is 0.587. The summed E-state index contributed by atoms with van der Waals surface area (Å²) in [4.78, 5) is 13.2. The lowest BCUT2D eigenvalue weighted by Gasteiger charge is -2.24. The number of aliphatic hydroxyl groups excluding tert-OH is 1. The molecule has 1 aliphatic heterocycles. The molecule has 1 saturated heterocycles. The molecule has 0 aliphatic carbocycles. The topological polar surface area (TPSA) is 68.2 Å². The summed E-state index contributed by atoms with van der Waals surface area (Å²) in [5.74, 6) is 0. The lowest BCUT2D eigenvalue weighted by Crippen LogP contribution is -2.36. The third-order valence-electron chi connectivity index (χ3n) is 2.29. The first-order chi connectivity index (χ1) is 7.83. The molecule has 17 heavy (non-hydrogen) atoms. The van der Waals surface area contributed by atoms with Crippen LogP contribution >= 0.6 is 0 Å². The molecule has 0 radical (unpaired) electrons. The van der Waals surface area contributed by atoms with Gasteiger partial charge in [-0.3, -0.25) is 0 Å². The molecule has 6 heteroatoms. The van der Waals surface area contributed by atoms with Gasteiger partial charge in [-0.2, -0.15) is 0 Å². The normalized spacial score (nSPS) is 25.1. The second-order valence-electron chi connectivity index (χ2n) is 5.06. The van der Waals surface area contributed by atoms with Crippen LogP contribution in [0.4, 0.5) is 4.79 Å². The van der Waals surface area contributed by atoms with Crippen LogP contribution in [0, 0.1) is 0 Å². The molecular weight excluding hydrogens is 226 g/mol. The molecule has 2 atom stereocenters. The fraction of sp³-hybridized carbons (Fsp3) is 0.909. The van der Waals surface area contributed by atoms with Crippen LogP contribution in [-0.2, 0) is 14.2 Å². The lowest BCUT2D eigenvalue weighted by atomic mass is 10.2. The van der Waals surface area contributed by atoms with Crippen LogP contribution in [0.5, 0.6) is 0 Å². The van der Waals surface area contributed by atoms with E-state index in [4.69, 9.17) is 14.2 Å². The Morgan fingerprint density at radius 1 is 1.41 bits per heavy atom. The van der Waals surface area contributed by atoms with Crippen molar-refractivity contribution in [3.63, 3.8) is 0 Å². The third-order valence-corrected chi connectivity index (χ3v) is 2.29. The molecule has 0 saturated carbocycles. The quantitative estimate of drug-likeness (QED) is 0.739. The van der Waals surface area contributed by atoms with Crippen LogP contribution in [0.25, 0.3) is 0 Å². The van der Waals surface area contributed by atoms with Gasteiger partial charge < -0.3 is 24.2 Å². The Bertz CT molecular complexity index is 263. The molecule has 0 aromatic heterocycles. The summed E-state index contributed by atoms with van der Waals surface area (Å²) >= 11 is 0. The number of ether oxygens (including phenoxy) is 3. The first kappa shape index (κ1) is 14.2. The van der Waals surface area contributed by atoms with Crippen LogP contribution in [0.15, 0.2) is 0 Å². The highest BCUT2D eigenvalue weighted by Crippen LogP contribution is 2.17. The van der Waals surface area contributed by atoms with Gasteiger partial charge in [-0.25, -0.2) is 4.79 Å². The Labute approximate surface area is 101 Å². The minimum Gasteiger partial charge on any atom is -0.444 e. The fourth-order valence-corrected chi connectivity index (χ4v) is 1.55. The molecular formula is C11H21NO5. The Kier molecular flexibility index (Phi) is 4.73. The van der Waals surface area contributed by atoms with Crippen molar-refractivity contribution in [1.29, 1.82) is 0 Å². The third kappa shape index (κ3) is 4.49. The second kappa shape index (κ2) is 5.66. The summed E-state index contributed by atoms with van der Waals surface area (Å²) in [5.41, 5.74) is -0.534. The number of hydrogen-bond donors (Lipinski definition) is 1. The summed E-state index contributed by atoms with van der Waals surface area (Å²) in [5, 5.41) is 9.70. The van der Waals surface area contributed by atoms with E-state index in [0.29, 0.717) is 6.54 Å². The molecule has 1 aliphatic rings. The number of carbonyl (C=O) groups is 1. The van der Waals surface area contributed by atoms with E-state index in [1.54, 1.807) is 20.8 Å². The largest absolute Gasteiger partial charge is 0.444 e. The number of likely N-dealkylation sites (tertiary alicyclic amines) is 1. The van der Waals surface area contributed by atoms with Gasteiger partial charge in [0.25, 0.3) is 0 Å². The molecule has 0 unspecified atom stereocenters. The standard InChI is InChI=1S/C11H21NO5/c1-11(2,3)17-10(14)12-5-8(13)9(6-12)16-7-15-4/h8-9,13H,5-7H2,1-4H3/t8-,9-/m1/s1. The van der Waals surface area contributed by atoms with Crippen LogP contribution in [0.3, 0.4) is 0 Å². The van der Waals surface area contributed by atoms with E-state index in [-0.39, 0.29) is 13.3 Å². The summed E-state index contributed by atoms with van der Waals surface area (Å²) in [6.45, 7) is 6.05. The molecule has 1 rings (SSSR count). The zero-order valence-electron chi connectivity index (χ0n) is 10.8. The van der Waals surface area contributed by atoms with Gasteiger partial charge >= 0.3 is 6.09 Å². The van der Waals surface area contributed by atoms with Gasteiger partial charge in [-0.1, -0.05) is 0 Å². The van der Waals surface area contributed by atoms with Crippen LogP contribution in [-0.4, -0.2) is 60.9 Å². The minimum absolute atomic E-state index is 0.101. The molecule has 0 bridgehead atoms. The van der Waals surface area contributed by atoms with Crippen molar-refractivity contribution in [3.8, 4) is 0 Å². The monoisotopic (exact) mass is 247 g/mol. The molecule has 1 fully saturated rings. The van der Waals surface area contributed by atoms with Gasteiger partial charge in [0.15, 0.2) is 0 Å². The molecule has 6 nitrogen and oxygen atoms in total. The molecule has 0 aromatic rings. The van der Waals surface area contributed by atoms with Gasteiger partial charge in [0.1, 0.15) is 18.5 Å². The van der Waals surface area contributed by atoms with Crippen molar-refractivity contribution in [2.75, 3.05) is 27.0 Å². The summed E-state index contributed by atoms with van der Waals surface area (Å²) in [7, 11) is 1.51. The number of aliphatic hydroxyl groups is 1. The Morgan fingerprint density at radius 3 is 2.59 bits per heavy atom. The van der Waals surface area contributed by atoms with E-state index in [9.17, 15) is 9.90 Å². The molecule has 1 N–H and O–H groups in total. The molecule has 1 amide bonds. The van der Waals surface area contributed by atoms with Crippen LogP contribution in [0.2, 0.25) is 0 Å². The molecule has 0 aromatic carbocycles. The van der Waals surface area contributed by atoms with Crippen molar-refractivity contribution in [1.82, 2.24) is 4.90 Å². The summed E-state index contributed by atoms with van der Waals surface area (Å²) in [6, 6.07) is 0. The van der Waals surface area contributed by atoms with Crippen LogP contribution in [0.1, 0.15) is 20.8 Å². The zero-order chi connectivity index (χ0) is 13.1. The van der Waals surface area contributed by atoms with Gasteiger partial charge in [0.2, 0.25) is 0 Å². The van der Waals surface area contributed by atoms with E-state index in [1.165, 1.54) is 12.0 Å². The number of hydrogen-bond acceptors (Lipinski definition) is 5. The number of amides is 1. The van der Waals surface area contributed by atoms with E-state index in [2.05, 4.69) is 0 Å². The second-order valence-corrected chi connectivity index (χ2v) is 5.06. The average molecular weight is 247 g/mol. The van der Waals surface area contributed by atoms with Crippen molar-refractivity contribution in [3.05, 3.63) is 0 Å². The van der Waals surface area contributed by atoms with Crippen molar-refractivity contribution < 1.29 is 24.1 Å². The molecule has 1 heterocycles. The number of rotatable bonds is 3. The van der Waals surface area contributed by atoms with Crippen molar-refractivity contribution in [2.45, 2.75) is 38.6 Å². The predicted molar refractivity (Wildman–Crippen MR) is 60.6 cm³/mol. The highest BCUT2D eigenvalue weighted by Gasteiger charge is 2.36. The van der Waals surface area contributed by atoms with Gasteiger partial charge in [0.05, 0.1) is 19.2 Å². The molecule has 100 valence electrons. The number of β-amino-alcohol motifs (C(OH)–C–C–N with tert-alkyl or cyclic N) is 1. The van der Waals surface area contributed by atoms with Crippen LogP contribution < -0.4 is 0 Å². The van der Waals surface area contributed by atoms with E-state index in [1.807, 2.05) is 0 Å². The SMILES string of the molecule is COCO[C@@H]1CN(C(=O)OC(C)(C)C)C[C@H]1O. The van der Waals surface area contributed by atoms with E-state index >= 15 is 0 Å². The first-order valence-corrected chi connectivity index (χ1v) is 5.60. The van der Waals surface area contributed by atoms with E-state index in [0.717, 1.165) is 0 Å². The zero-order valence-corrected chi connectivity index (χ0v) is 10.8. The lowest BCUT2D eigenvalue weighted by molar-refractivity contribution is -0.0956. The maximum absolute atomic E-state index is 11.7. The Morgan fingerprint density at radius 2 is 2.06 bits per heavy atom. The van der Waals surface area contributed by atoms with E-state index < -0.39 is 23.9 Å². The number of nitrogens with zero attached hydrogens (tertiary/aromatic N) is 1. The smallest absolute Gasteiger partial charge is 0.410 e. The van der Waals surface area contributed by atoms with Gasteiger partial charge in [-0.15, -0.1) is 0 Å². The summed E-state index contributed by atoms with van der Waals surface area (Å²) < 4.78 is 15.2. The highest BCUT2D eigenvalue weighted by atomic mass is 16.7. The highest BCUT2D eigenvalue weighted by molar-refractivity contribution is 5.68. The maximum Gasteiger partial charge on any atom is 0.410 e. The average Bonchev–Trinajstić information content (AvgIpc) is 2.54. The fourth-order valence-electron chi connectivity index (χ4n) is 1.55. The number of methoxy groups -OCH3 is 1. The molecule has 0 spiro atoms. The van der Waals surface area contributed by atoms with Crippen molar-refractivity contribution >= 4 is 6.09 Å². The first-order valence-electron chi connectivity index (χ1n) is 5.60. The number of carbonyl (C=O) groups excluding carboxylic acids is 1. The van der Waals surface area contributed by atoms with Gasteiger partial charge in [-0.05, 0) is 20.8 Å².